The molecule has 26 heavy (non-hydrogen) atoms. The number of para-hydroxylation sites is 1. The van der Waals surface area contributed by atoms with Gasteiger partial charge < -0.3 is 4.90 Å². The highest BCUT2D eigenvalue weighted by Gasteiger charge is 2.25. The number of anilines is 1. The van der Waals surface area contributed by atoms with E-state index in [1.165, 1.54) is 42.5 Å². The third kappa shape index (κ3) is 2.57. The molecule has 1 aliphatic carbocycles. The van der Waals surface area contributed by atoms with Crippen LogP contribution in [0.4, 0.5) is 5.95 Å². The molecule has 0 bridgehead atoms. The van der Waals surface area contributed by atoms with Crippen LogP contribution in [0.15, 0.2) is 35.1 Å². The molecule has 3 heterocycles. The summed E-state index contributed by atoms with van der Waals surface area (Å²) in [4.78, 5) is 23.3. The summed E-state index contributed by atoms with van der Waals surface area (Å²) in [5.41, 5.74) is 2.30. The lowest BCUT2D eigenvalue weighted by Crippen LogP contribution is -2.36. The van der Waals surface area contributed by atoms with Gasteiger partial charge in [-0.1, -0.05) is 18.2 Å². The van der Waals surface area contributed by atoms with E-state index in [2.05, 4.69) is 4.90 Å². The molecule has 134 valence electrons. The summed E-state index contributed by atoms with van der Waals surface area (Å²) in [6.45, 7) is 1.96. The molecule has 0 N–H and O–H groups in total. The Balaban J connectivity index is 1.80. The molecule has 2 aromatic heterocycles. The van der Waals surface area contributed by atoms with Crippen LogP contribution < -0.4 is 10.5 Å². The summed E-state index contributed by atoms with van der Waals surface area (Å²) in [6.07, 6.45) is 8.13. The van der Waals surface area contributed by atoms with Gasteiger partial charge in [0.05, 0.1) is 11.1 Å². The van der Waals surface area contributed by atoms with Crippen LogP contribution in [0.5, 0.6) is 0 Å². The van der Waals surface area contributed by atoms with Gasteiger partial charge >= 0.3 is 0 Å². The first-order valence-electron chi connectivity index (χ1n) is 9.70. The number of hydrogen-bond acceptors (Lipinski definition) is 4. The number of aromatic nitrogens is 2. The van der Waals surface area contributed by atoms with Gasteiger partial charge in [0, 0.05) is 18.0 Å². The van der Waals surface area contributed by atoms with Crippen molar-refractivity contribution in [3.63, 3.8) is 0 Å². The Hall–Kier alpha value is -2.14. The number of thiophene rings is 1. The van der Waals surface area contributed by atoms with Crippen molar-refractivity contribution in [3.8, 4) is 5.69 Å². The standard InChI is InChI=1S/C21H23N3OS/c25-20-18-16-11-5-6-12-17(16)26-19(18)22-21(23-13-7-2-8-14-23)24(20)15-9-3-1-4-10-15/h1,3-4,9-10H,2,5-8,11-14H2. The largest absolute Gasteiger partial charge is 0.342 e. The minimum absolute atomic E-state index is 0.112. The van der Waals surface area contributed by atoms with Gasteiger partial charge in [-0.15, -0.1) is 11.3 Å². The third-order valence-corrected chi connectivity index (χ3v) is 6.81. The zero-order chi connectivity index (χ0) is 17.5. The zero-order valence-corrected chi connectivity index (χ0v) is 15.7. The van der Waals surface area contributed by atoms with E-state index in [9.17, 15) is 4.79 Å². The fourth-order valence-electron chi connectivity index (χ4n) is 4.31. The molecular formula is C21H23N3OS. The van der Waals surface area contributed by atoms with Crippen molar-refractivity contribution in [3.05, 3.63) is 51.1 Å². The van der Waals surface area contributed by atoms with Crippen LogP contribution in [0.2, 0.25) is 0 Å². The number of benzene rings is 1. The topological polar surface area (TPSA) is 38.1 Å². The maximum atomic E-state index is 13.6. The Morgan fingerprint density at radius 1 is 0.923 bits per heavy atom. The molecule has 2 aliphatic rings. The predicted molar refractivity (Wildman–Crippen MR) is 108 cm³/mol. The summed E-state index contributed by atoms with van der Waals surface area (Å²) >= 11 is 1.74. The Kier molecular flexibility index (Phi) is 4.04. The number of aryl methyl sites for hydroxylation is 2. The van der Waals surface area contributed by atoms with Crippen LogP contribution >= 0.6 is 11.3 Å². The van der Waals surface area contributed by atoms with Gasteiger partial charge in [-0.2, -0.15) is 0 Å². The molecule has 1 aliphatic heterocycles. The maximum Gasteiger partial charge on any atom is 0.268 e. The first-order chi connectivity index (χ1) is 12.8. The van der Waals surface area contributed by atoms with Crippen LogP contribution in [-0.2, 0) is 12.8 Å². The smallest absolute Gasteiger partial charge is 0.268 e. The molecule has 1 aromatic carbocycles. The fourth-order valence-corrected chi connectivity index (χ4v) is 5.56. The molecule has 0 radical (unpaired) electrons. The highest BCUT2D eigenvalue weighted by molar-refractivity contribution is 7.18. The van der Waals surface area contributed by atoms with Crippen molar-refractivity contribution < 1.29 is 0 Å². The van der Waals surface area contributed by atoms with E-state index in [-0.39, 0.29) is 5.56 Å². The SMILES string of the molecule is O=c1c2c3c(sc2nc(N2CCCCC2)n1-c1ccccc1)CCCC3. The summed E-state index contributed by atoms with van der Waals surface area (Å²) in [5, 5.41) is 0.870. The number of nitrogens with zero attached hydrogens (tertiary/aromatic N) is 3. The van der Waals surface area contributed by atoms with Crippen molar-refractivity contribution in [1.29, 1.82) is 0 Å². The van der Waals surface area contributed by atoms with E-state index >= 15 is 0 Å². The molecule has 0 amide bonds. The van der Waals surface area contributed by atoms with Gasteiger partial charge in [0.15, 0.2) is 0 Å². The van der Waals surface area contributed by atoms with Gasteiger partial charge in [0.25, 0.3) is 5.56 Å². The molecular weight excluding hydrogens is 342 g/mol. The van der Waals surface area contributed by atoms with Crippen LogP contribution in [0, 0.1) is 0 Å². The summed E-state index contributed by atoms with van der Waals surface area (Å²) in [6, 6.07) is 10.0. The molecule has 0 atom stereocenters. The van der Waals surface area contributed by atoms with Crippen LogP contribution in [0.1, 0.15) is 42.5 Å². The Labute approximate surface area is 157 Å². The predicted octanol–water partition coefficient (Wildman–Crippen LogP) is 4.32. The lowest BCUT2D eigenvalue weighted by Gasteiger charge is -2.29. The number of piperidine rings is 1. The number of rotatable bonds is 2. The van der Waals surface area contributed by atoms with E-state index in [0.29, 0.717) is 0 Å². The third-order valence-electron chi connectivity index (χ3n) is 5.62. The molecule has 0 spiro atoms. The highest BCUT2D eigenvalue weighted by atomic mass is 32.1. The average Bonchev–Trinajstić information content (AvgIpc) is 3.08. The molecule has 4 nitrogen and oxygen atoms in total. The maximum absolute atomic E-state index is 13.6. The van der Waals surface area contributed by atoms with Gasteiger partial charge in [-0.05, 0) is 62.6 Å². The Bertz CT molecular complexity index is 1000. The highest BCUT2D eigenvalue weighted by Crippen LogP contribution is 2.35. The van der Waals surface area contributed by atoms with Crippen molar-refractivity contribution in [2.75, 3.05) is 18.0 Å². The van der Waals surface area contributed by atoms with E-state index in [1.54, 1.807) is 11.3 Å². The summed E-state index contributed by atoms with van der Waals surface area (Å²) in [7, 11) is 0. The fraction of sp³-hybridized carbons (Fsp3) is 0.429. The Morgan fingerprint density at radius 3 is 2.50 bits per heavy atom. The number of fused-ring (bicyclic) bond motifs is 3. The second kappa shape index (κ2) is 6.54. The van der Waals surface area contributed by atoms with Crippen molar-refractivity contribution in [1.82, 2.24) is 9.55 Å². The van der Waals surface area contributed by atoms with Gasteiger partial charge in [0.1, 0.15) is 4.83 Å². The number of hydrogen-bond donors (Lipinski definition) is 0. The van der Waals surface area contributed by atoms with Gasteiger partial charge in [0.2, 0.25) is 5.95 Å². The first-order valence-corrected chi connectivity index (χ1v) is 10.5. The van der Waals surface area contributed by atoms with Gasteiger partial charge in [-0.3, -0.25) is 4.79 Å². The average molecular weight is 366 g/mol. The minimum Gasteiger partial charge on any atom is -0.342 e. The van der Waals surface area contributed by atoms with Crippen molar-refractivity contribution >= 4 is 27.5 Å². The zero-order valence-electron chi connectivity index (χ0n) is 14.9. The lowest BCUT2D eigenvalue weighted by atomic mass is 9.97. The van der Waals surface area contributed by atoms with Crippen molar-refractivity contribution in [2.45, 2.75) is 44.9 Å². The molecule has 1 saturated heterocycles. The summed E-state index contributed by atoms with van der Waals surface area (Å²) < 4.78 is 1.86. The quantitative estimate of drug-likeness (QED) is 0.679. The second-order valence-corrected chi connectivity index (χ2v) is 8.41. The molecule has 1 fully saturated rings. The first kappa shape index (κ1) is 16.1. The van der Waals surface area contributed by atoms with Crippen LogP contribution in [-0.4, -0.2) is 22.6 Å². The monoisotopic (exact) mass is 365 g/mol. The summed E-state index contributed by atoms with van der Waals surface area (Å²) in [5.74, 6) is 0.826. The molecule has 0 unspecified atom stereocenters. The second-order valence-electron chi connectivity index (χ2n) is 7.33. The normalized spacial score (nSPS) is 17.5. The Morgan fingerprint density at radius 2 is 1.69 bits per heavy atom. The van der Waals surface area contributed by atoms with E-state index in [1.807, 2.05) is 34.9 Å². The molecule has 0 saturated carbocycles. The molecule has 5 rings (SSSR count). The molecule has 3 aromatic rings. The molecule has 5 heteroatoms. The van der Waals surface area contributed by atoms with Crippen molar-refractivity contribution in [2.24, 2.45) is 0 Å². The van der Waals surface area contributed by atoms with E-state index in [4.69, 9.17) is 4.98 Å². The van der Waals surface area contributed by atoms with Crippen LogP contribution in [0.3, 0.4) is 0 Å². The van der Waals surface area contributed by atoms with E-state index in [0.717, 1.165) is 47.8 Å². The lowest BCUT2D eigenvalue weighted by molar-refractivity contribution is 0.563. The van der Waals surface area contributed by atoms with Gasteiger partial charge in [-0.25, -0.2) is 9.55 Å². The van der Waals surface area contributed by atoms with Crippen LogP contribution in [0.25, 0.3) is 15.9 Å². The van der Waals surface area contributed by atoms with E-state index < -0.39 is 0 Å². The minimum atomic E-state index is 0.112.